The van der Waals surface area contributed by atoms with Crippen LogP contribution in [0.25, 0.3) is 54.7 Å². The Morgan fingerprint density at radius 3 is 1.05 bits per heavy atom. The van der Waals surface area contributed by atoms with Gasteiger partial charge in [-0.05, 0) is 131 Å². The molecule has 0 bridgehead atoms. The first-order valence-corrected chi connectivity index (χ1v) is 16.0. The van der Waals surface area contributed by atoms with Crippen molar-refractivity contribution in [1.82, 2.24) is 9.13 Å². The van der Waals surface area contributed by atoms with Crippen LogP contribution in [0, 0.1) is 27.7 Å². The molecule has 2 aromatic heterocycles. The summed E-state index contributed by atoms with van der Waals surface area (Å²) in [6.45, 7) is 23.4. The molecule has 7 rings (SSSR count). The van der Waals surface area contributed by atoms with Crippen LogP contribution in [0.4, 0.5) is 0 Å². The summed E-state index contributed by atoms with van der Waals surface area (Å²) in [5.74, 6) is 0. The van der Waals surface area contributed by atoms with Gasteiger partial charge in [0.05, 0.1) is 11.0 Å². The molecule has 0 N–H and O–H groups in total. The molecule has 0 aliphatic heterocycles. The van der Waals surface area contributed by atoms with Crippen molar-refractivity contribution in [3.8, 4) is 11.4 Å². The third kappa shape index (κ3) is 4.07. The number of rotatable bonds is 2. The van der Waals surface area contributed by atoms with E-state index in [1.165, 1.54) is 88.4 Å². The van der Waals surface area contributed by atoms with E-state index < -0.39 is 0 Å². The number of aromatic nitrogens is 2. The van der Waals surface area contributed by atoms with Crippen molar-refractivity contribution < 1.29 is 0 Å². The zero-order valence-corrected chi connectivity index (χ0v) is 28.0. The maximum atomic E-state index is 2.51. The number of fused-ring (bicyclic) bond motifs is 4. The van der Waals surface area contributed by atoms with E-state index in [4.69, 9.17) is 0 Å². The lowest BCUT2D eigenvalue weighted by Crippen LogP contribution is -2.17. The molecular formula is C42H44N2. The first-order valence-electron chi connectivity index (χ1n) is 16.0. The summed E-state index contributed by atoms with van der Waals surface area (Å²) in [5, 5.41) is 8.16. The van der Waals surface area contributed by atoms with E-state index in [1.807, 2.05) is 0 Å². The minimum atomic E-state index is -0.0620. The van der Waals surface area contributed by atoms with Gasteiger partial charge in [-0.3, -0.25) is 0 Å². The van der Waals surface area contributed by atoms with Crippen LogP contribution in [0.1, 0.15) is 75.2 Å². The SMILES string of the molecule is Cc1c(C)n(-c2ccccc2)c2cc3c(C(C)(C)C)c4cc5c(C)c(C)n(-c6ccccc6)c5cc4c(C(C)(C)C)c3cc12. The van der Waals surface area contributed by atoms with E-state index in [1.54, 1.807) is 0 Å². The van der Waals surface area contributed by atoms with Gasteiger partial charge in [-0.15, -0.1) is 0 Å². The van der Waals surface area contributed by atoms with E-state index in [0.29, 0.717) is 0 Å². The summed E-state index contributed by atoms with van der Waals surface area (Å²) in [5.41, 5.74) is 13.0. The molecule has 0 radical (unpaired) electrons. The molecule has 2 nitrogen and oxygen atoms in total. The van der Waals surface area contributed by atoms with Gasteiger partial charge >= 0.3 is 0 Å². The number of aryl methyl sites for hydroxylation is 2. The molecule has 2 heteroatoms. The van der Waals surface area contributed by atoms with Crippen molar-refractivity contribution in [2.24, 2.45) is 0 Å². The van der Waals surface area contributed by atoms with E-state index in [-0.39, 0.29) is 10.8 Å². The predicted molar refractivity (Wildman–Crippen MR) is 191 cm³/mol. The molecule has 7 aromatic rings. The second-order valence-corrected chi connectivity index (χ2v) is 14.8. The molecule has 0 aliphatic rings. The van der Waals surface area contributed by atoms with Crippen molar-refractivity contribution >= 4 is 43.4 Å². The van der Waals surface area contributed by atoms with Crippen LogP contribution >= 0.6 is 0 Å². The molecule has 0 saturated carbocycles. The van der Waals surface area contributed by atoms with Crippen molar-refractivity contribution in [3.63, 3.8) is 0 Å². The predicted octanol–water partition coefficient (Wildman–Crippen LogP) is 11.7. The van der Waals surface area contributed by atoms with Crippen molar-refractivity contribution in [1.29, 1.82) is 0 Å². The first kappa shape index (κ1) is 28.5. The van der Waals surface area contributed by atoms with Crippen molar-refractivity contribution in [3.05, 3.63) is 119 Å². The lowest BCUT2D eigenvalue weighted by Gasteiger charge is -2.31. The van der Waals surface area contributed by atoms with Gasteiger partial charge in [0.2, 0.25) is 0 Å². The molecular weight excluding hydrogens is 532 g/mol. The summed E-state index contributed by atoms with van der Waals surface area (Å²) < 4.78 is 4.91. The first-order chi connectivity index (χ1) is 20.8. The van der Waals surface area contributed by atoms with Gasteiger partial charge in [0.1, 0.15) is 0 Å². The van der Waals surface area contributed by atoms with Crippen LogP contribution in [-0.2, 0) is 10.8 Å². The molecule has 222 valence electrons. The molecule has 0 unspecified atom stereocenters. The number of benzene rings is 5. The Morgan fingerprint density at radius 2 is 0.727 bits per heavy atom. The average Bonchev–Trinajstić information content (AvgIpc) is 3.36. The largest absolute Gasteiger partial charge is 0.314 e. The Morgan fingerprint density at radius 1 is 0.409 bits per heavy atom. The van der Waals surface area contributed by atoms with Crippen LogP contribution in [0.2, 0.25) is 0 Å². The van der Waals surface area contributed by atoms with E-state index in [0.717, 1.165) is 0 Å². The lowest BCUT2D eigenvalue weighted by molar-refractivity contribution is 0.593. The topological polar surface area (TPSA) is 9.86 Å². The monoisotopic (exact) mass is 576 g/mol. The fourth-order valence-electron chi connectivity index (χ4n) is 7.79. The highest BCUT2D eigenvalue weighted by atomic mass is 15.0. The van der Waals surface area contributed by atoms with Gasteiger partial charge in [-0.25, -0.2) is 0 Å². The second kappa shape index (κ2) is 9.60. The fraction of sp³-hybridized carbons (Fsp3) is 0.286. The lowest BCUT2D eigenvalue weighted by atomic mass is 9.73. The molecule has 0 saturated heterocycles. The number of nitrogens with zero attached hydrogens (tertiary/aromatic N) is 2. The van der Waals surface area contributed by atoms with Crippen LogP contribution in [0.3, 0.4) is 0 Å². The van der Waals surface area contributed by atoms with Gasteiger partial charge in [-0.1, -0.05) is 77.9 Å². The van der Waals surface area contributed by atoms with Crippen LogP contribution < -0.4 is 0 Å². The maximum Gasteiger partial charge on any atom is 0.0540 e. The second-order valence-electron chi connectivity index (χ2n) is 14.8. The Hall–Kier alpha value is -4.30. The minimum absolute atomic E-state index is 0.0620. The highest BCUT2D eigenvalue weighted by Gasteiger charge is 2.30. The number of hydrogen-bond acceptors (Lipinski definition) is 0. The molecule has 0 aliphatic carbocycles. The van der Waals surface area contributed by atoms with Crippen LogP contribution in [0.5, 0.6) is 0 Å². The molecule has 0 fully saturated rings. The van der Waals surface area contributed by atoms with Gasteiger partial charge in [0.25, 0.3) is 0 Å². The number of para-hydroxylation sites is 2. The van der Waals surface area contributed by atoms with Crippen LogP contribution in [0.15, 0.2) is 84.9 Å². The van der Waals surface area contributed by atoms with E-state index in [2.05, 4.69) is 163 Å². The highest BCUT2D eigenvalue weighted by Crippen LogP contribution is 2.47. The van der Waals surface area contributed by atoms with Crippen LogP contribution in [-0.4, -0.2) is 9.13 Å². The zero-order chi connectivity index (χ0) is 31.3. The molecule has 0 atom stereocenters. The highest BCUT2D eigenvalue weighted by molar-refractivity contribution is 6.15. The fourth-order valence-corrected chi connectivity index (χ4v) is 7.79. The number of hydrogen-bond donors (Lipinski definition) is 0. The van der Waals surface area contributed by atoms with Gasteiger partial charge < -0.3 is 9.13 Å². The summed E-state index contributed by atoms with van der Waals surface area (Å²) in [4.78, 5) is 0. The van der Waals surface area contributed by atoms with Crippen molar-refractivity contribution in [2.75, 3.05) is 0 Å². The smallest absolute Gasteiger partial charge is 0.0540 e. The van der Waals surface area contributed by atoms with Gasteiger partial charge in [-0.2, -0.15) is 0 Å². The Balaban J connectivity index is 1.73. The van der Waals surface area contributed by atoms with Gasteiger partial charge in [0, 0.05) is 33.5 Å². The molecule has 2 heterocycles. The quantitative estimate of drug-likeness (QED) is 0.181. The molecule has 44 heavy (non-hydrogen) atoms. The maximum absolute atomic E-state index is 2.51. The summed E-state index contributed by atoms with van der Waals surface area (Å²) >= 11 is 0. The standard InChI is InChI=1S/C42H44N2/c1-25-27(3)43(29-17-13-11-14-18-29)37-23-35-33(21-31(25)37)39(41(5,6)7)36-24-38-32(22-34(36)40(35)42(8,9)10)26(2)28(4)44(38)30-19-15-12-16-20-30/h11-24H,1-10H3. The third-order valence-electron chi connectivity index (χ3n) is 9.92. The molecule has 0 spiro atoms. The minimum Gasteiger partial charge on any atom is -0.314 e. The molecule has 5 aromatic carbocycles. The summed E-state index contributed by atoms with van der Waals surface area (Å²) in [6.07, 6.45) is 0. The Kier molecular flexibility index (Phi) is 6.21. The zero-order valence-electron chi connectivity index (χ0n) is 28.0. The third-order valence-corrected chi connectivity index (χ3v) is 9.92. The average molecular weight is 577 g/mol. The Labute approximate surface area is 261 Å². The van der Waals surface area contributed by atoms with Gasteiger partial charge in [0.15, 0.2) is 0 Å². The molecule has 0 amide bonds. The summed E-state index contributed by atoms with van der Waals surface area (Å²) in [7, 11) is 0. The van der Waals surface area contributed by atoms with E-state index in [9.17, 15) is 0 Å². The summed E-state index contributed by atoms with van der Waals surface area (Å²) in [6, 6.07) is 31.7. The Bertz CT molecular complexity index is 2080. The van der Waals surface area contributed by atoms with E-state index >= 15 is 0 Å². The normalized spacial score (nSPS) is 12.8. The van der Waals surface area contributed by atoms with Crippen molar-refractivity contribution in [2.45, 2.75) is 80.1 Å².